The van der Waals surface area contributed by atoms with E-state index in [1.165, 1.54) is 40.6 Å². The Morgan fingerprint density at radius 2 is 2.04 bits per heavy atom. The molecule has 27 heavy (non-hydrogen) atoms. The lowest BCUT2D eigenvalue weighted by molar-refractivity contribution is -0.115. The van der Waals surface area contributed by atoms with E-state index in [1.807, 2.05) is 0 Å². The highest BCUT2D eigenvalue weighted by atomic mass is 32.1. The Hall–Kier alpha value is -3.13. The predicted octanol–water partition coefficient (Wildman–Crippen LogP) is 3.23. The van der Waals surface area contributed by atoms with Crippen LogP contribution in [-0.4, -0.2) is 40.8 Å². The van der Waals surface area contributed by atoms with Gasteiger partial charge in [0.05, 0.1) is 12.1 Å². The predicted molar refractivity (Wildman–Crippen MR) is 102 cm³/mol. The number of carbonyl (C=O) groups is 2. The standard InChI is InChI=1S/C19H17FN4O2S/c1-24(2)19(26)16-9-14(6-7-21-16)22-17(25)10-15-11-27-18(23-15)12-4-3-5-13(20)8-12/h3-9,11H,10H2,1-2H3,(H,21,22,25). The monoisotopic (exact) mass is 384 g/mol. The van der Waals surface area contributed by atoms with Crippen LogP contribution in [0.3, 0.4) is 0 Å². The number of thiazole rings is 1. The van der Waals surface area contributed by atoms with Crippen molar-refractivity contribution >= 4 is 28.8 Å². The van der Waals surface area contributed by atoms with Gasteiger partial charge < -0.3 is 10.2 Å². The first-order chi connectivity index (χ1) is 12.9. The highest BCUT2D eigenvalue weighted by Gasteiger charge is 2.13. The maximum Gasteiger partial charge on any atom is 0.272 e. The van der Waals surface area contributed by atoms with Crippen LogP contribution in [0, 0.1) is 5.82 Å². The highest BCUT2D eigenvalue weighted by molar-refractivity contribution is 7.13. The molecule has 3 aromatic rings. The van der Waals surface area contributed by atoms with Crippen molar-refractivity contribution in [1.82, 2.24) is 14.9 Å². The number of pyridine rings is 1. The lowest BCUT2D eigenvalue weighted by Crippen LogP contribution is -2.23. The average Bonchev–Trinajstić information content (AvgIpc) is 3.09. The molecule has 0 bridgehead atoms. The molecule has 0 spiro atoms. The third-order valence-electron chi connectivity index (χ3n) is 3.63. The molecule has 0 unspecified atom stereocenters. The van der Waals surface area contributed by atoms with E-state index in [2.05, 4.69) is 15.3 Å². The summed E-state index contributed by atoms with van der Waals surface area (Å²) in [5, 5.41) is 5.16. The second-order valence-electron chi connectivity index (χ2n) is 6.01. The number of hydrogen-bond donors (Lipinski definition) is 1. The number of carbonyl (C=O) groups excluding carboxylic acids is 2. The Morgan fingerprint density at radius 1 is 1.22 bits per heavy atom. The van der Waals surface area contributed by atoms with Gasteiger partial charge in [0.2, 0.25) is 5.91 Å². The molecule has 0 atom stereocenters. The molecule has 6 nitrogen and oxygen atoms in total. The summed E-state index contributed by atoms with van der Waals surface area (Å²) in [6, 6.07) is 9.31. The van der Waals surface area contributed by atoms with Crippen LogP contribution in [0.25, 0.3) is 10.6 Å². The number of aromatic nitrogens is 2. The van der Waals surface area contributed by atoms with E-state index in [1.54, 1.807) is 37.7 Å². The Bertz CT molecular complexity index is 987. The number of benzene rings is 1. The van der Waals surface area contributed by atoms with E-state index >= 15 is 0 Å². The van der Waals surface area contributed by atoms with Crippen LogP contribution in [0.2, 0.25) is 0 Å². The maximum absolute atomic E-state index is 13.3. The molecule has 0 radical (unpaired) electrons. The number of hydrogen-bond acceptors (Lipinski definition) is 5. The van der Waals surface area contributed by atoms with Crippen molar-refractivity contribution in [2.75, 3.05) is 19.4 Å². The Morgan fingerprint density at radius 3 is 2.78 bits per heavy atom. The van der Waals surface area contributed by atoms with Gasteiger partial charge in [0.1, 0.15) is 16.5 Å². The van der Waals surface area contributed by atoms with Gasteiger partial charge in [-0.3, -0.25) is 14.6 Å². The molecule has 8 heteroatoms. The Balaban J connectivity index is 1.67. The molecular weight excluding hydrogens is 367 g/mol. The van der Waals surface area contributed by atoms with Crippen LogP contribution in [0.4, 0.5) is 10.1 Å². The van der Waals surface area contributed by atoms with E-state index in [0.717, 1.165) is 0 Å². The van der Waals surface area contributed by atoms with Gasteiger partial charge in [0, 0.05) is 36.9 Å². The molecule has 2 amide bonds. The summed E-state index contributed by atoms with van der Waals surface area (Å²) < 4.78 is 13.3. The highest BCUT2D eigenvalue weighted by Crippen LogP contribution is 2.24. The summed E-state index contributed by atoms with van der Waals surface area (Å²) >= 11 is 1.35. The molecule has 0 aliphatic carbocycles. The van der Waals surface area contributed by atoms with Crippen LogP contribution in [0.1, 0.15) is 16.2 Å². The Labute approximate surface area is 159 Å². The molecule has 0 aliphatic rings. The van der Waals surface area contributed by atoms with Gasteiger partial charge in [-0.15, -0.1) is 11.3 Å². The summed E-state index contributed by atoms with van der Waals surface area (Å²) in [6.45, 7) is 0. The summed E-state index contributed by atoms with van der Waals surface area (Å²) in [5.41, 5.74) is 2.00. The van der Waals surface area contributed by atoms with Gasteiger partial charge >= 0.3 is 0 Å². The largest absolute Gasteiger partial charge is 0.343 e. The SMILES string of the molecule is CN(C)C(=O)c1cc(NC(=O)Cc2csc(-c3cccc(F)c3)n2)ccn1. The van der Waals surface area contributed by atoms with Crippen molar-refractivity contribution < 1.29 is 14.0 Å². The minimum atomic E-state index is -0.331. The van der Waals surface area contributed by atoms with Crippen molar-refractivity contribution in [3.8, 4) is 10.6 Å². The minimum Gasteiger partial charge on any atom is -0.343 e. The second kappa shape index (κ2) is 8.05. The molecule has 0 aliphatic heterocycles. The quantitative estimate of drug-likeness (QED) is 0.733. The van der Waals surface area contributed by atoms with Crippen LogP contribution >= 0.6 is 11.3 Å². The number of amides is 2. The van der Waals surface area contributed by atoms with Crippen molar-refractivity contribution in [2.45, 2.75) is 6.42 Å². The summed E-state index contributed by atoms with van der Waals surface area (Å²) in [6.07, 6.45) is 1.54. The summed E-state index contributed by atoms with van der Waals surface area (Å²) in [5.74, 6) is -0.839. The normalized spacial score (nSPS) is 10.5. The first kappa shape index (κ1) is 18.7. The van der Waals surface area contributed by atoms with Gasteiger partial charge in [-0.2, -0.15) is 0 Å². The van der Waals surface area contributed by atoms with Crippen LogP contribution < -0.4 is 5.32 Å². The number of halogens is 1. The molecule has 1 aromatic carbocycles. The minimum absolute atomic E-state index is 0.0745. The van der Waals surface area contributed by atoms with Crippen LogP contribution in [-0.2, 0) is 11.2 Å². The molecular formula is C19H17FN4O2S. The van der Waals surface area contributed by atoms with Crippen molar-refractivity contribution in [2.24, 2.45) is 0 Å². The smallest absolute Gasteiger partial charge is 0.272 e. The van der Waals surface area contributed by atoms with Crippen LogP contribution in [0.15, 0.2) is 48.0 Å². The van der Waals surface area contributed by atoms with E-state index in [9.17, 15) is 14.0 Å². The zero-order valence-electron chi connectivity index (χ0n) is 14.8. The molecule has 2 heterocycles. The lowest BCUT2D eigenvalue weighted by Gasteiger charge is -2.10. The molecule has 2 aromatic heterocycles. The lowest BCUT2D eigenvalue weighted by atomic mass is 10.2. The van der Waals surface area contributed by atoms with Gasteiger partial charge in [0.25, 0.3) is 5.91 Å². The van der Waals surface area contributed by atoms with Gasteiger partial charge in [0.15, 0.2) is 0 Å². The fourth-order valence-corrected chi connectivity index (χ4v) is 3.18. The fourth-order valence-electron chi connectivity index (χ4n) is 2.37. The maximum atomic E-state index is 13.3. The second-order valence-corrected chi connectivity index (χ2v) is 6.87. The molecule has 0 saturated carbocycles. The van der Waals surface area contributed by atoms with E-state index in [4.69, 9.17) is 0 Å². The molecule has 138 valence electrons. The average molecular weight is 384 g/mol. The summed E-state index contributed by atoms with van der Waals surface area (Å²) in [7, 11) is 3.27. The zero-order valence-corrected chi connectivity index (χ0v) is 15.6. The van der Waals surface area contributed by atoms with Gasteiger partial charge in [-0.1, -0.05) is 12.1 Å². The van der Waals surface area contributed by atoms with Gasteiger partial charge in [-0.05, 0) is 24.3 Å². The topological polar surface area (TPSA) is 75.2 Å². The molecule has 0 saturated heterocycles. The molecule has 1 N–H and O–H groups in total. The fraction of sp³-hybridized carbons (Fsp3) is 0.158. The van der Waals surface area contributed by atoms with Crippen molar-refractivity contribution in [3.05, 3.63) is 65.2 Å². The molecule has 0 fully saturated rings. The number of nitrogens with one attached hydrogen (secondary N) is 1. The van der Waals surface area contributed by atoms with E-state index in [-0.39, 0.29) is 29.7 Å². The summed E-state index contributed by atoms with van der Waals surface area (Å²) in [4.78, 5) is 34.0. The van der Waals surface area contributed by atoms with Crippen molar-refractivity contribution in [1.29, 1.82) is 0 Å². The Kier molecular flexibility index (Phi) is 5.56. The van der Waals surface area contributed by atoms with Gasteiger partial charge in [-0.25, -0.2) is 9.37 Å². The van der Waals surface area contributed by atoms with E-state index < -0.39 is 0 Å². The number of rotatable bonds is 5. The third kappa shape index (κ3) is 4.73. The zero-order chi connectivity index (χ0) is 19.4. The third-order valence-corrected chi connectivity index (χ3v) is 4.57. The van der Waals surface area contributed by atoms with Crippen LogP contribution in [0.5, 0.6) is 0 Å². The first-order valence-corrected chi connectivity index (χ1v) is 8.98. The number of nitrogens with zero attached hydrogens (tertiary/aromatic N) is 3. The van der Waals surface area contributed by atoms with Crippen molar-refractivity contribution in [3.63, 3.8) is 0 Å². The number of anilines is 1. The van der Waals surface area contributed by atoms with E-state index in [0.29, 0.717) is 22.0 Å². The first-order valence-electron chi connectivity index (χ1n) is 8.10. The molecule has 3 rings (SSSR count).